The van der Waals surface area contributed by atoms with E-state index in [4.69, 9.17) is 4.74 Å². The first-order chi connectivity index (χ1) is 7.13. The van der Waals surface area contributed by atoms with Gasteiger partial charge in [0.2, 0.25) is 0 Å². The zero-order valence-corrected chi connectivity index (χ0v) is 8.79. The molecule has 0 bridgehead atoms. The standard InChI is InChI=1S/C12H13FO2/c1-3-15-12(14)8-9(2)10-4-6-11(13)7-5-10/h4-8H,3H2,1-2H3. The van der Waals surface area contributed by atoms with Gasteiger partial charge in [0.1, 0.15) is 5.82 Å². The molecule has 3 heteroatoms. The van der Waals surface area contributed by atoms with E-state index in [1.165, 1.54) is 18.2 Å². The SMILES string of the molecule is CCOC(=O)C=C(C)c1ccc(F)cc1. The average Bonchev–Trinajstić information content (AvgIpc) is 2.18. The zero-order chi connectivity index (χ0) is 11.3. The van der Waals surface area contributed by atoms with Gasteiger partial charge in [0.15, 0.2) is 0 Å². The van der Waals surface area contributed by atoms with Crippen LogP contribution in [0.3, 0.4) is 0 Å². The van der Waals surface area contributed by atoms with E-state index in [-0.39, 0.29) is 11.8 Å². The van der Waals surface area contributed by atoms with Crippen molar-refractivity contribution < 1.29 is 13.9 Å². The summed E-state index contributed by atoms with van der Waals surface area (Å²) in [7, 11) is 0. The third-order valence-corrected chi connectivity index (χ3v) is 1.92. The number of benzene rings is 1. The van der Waals surface area contributed by atoms with Gasteiger partial charge in [0.05, 0.1) is 6.61 Å². The van der Waals surface area contributed by atoms with Gasteiger partial charge >= 0.3 is 5.97 Å². The van der Waals surface area contributed by atoms with Crippen LogP contribution < -0.4 is 0 Å². The summed E-state index contributed by atoms with van der Waals surface area (Å²) in [5, 5.41) is 0. The molecule has 0 amide bonds. The molecule has 0 aromatic heterocycles. The second-order valence-electron chi connectivity index (χ2n) is 3.09. The number of carbonyl (C=O) groups excluding carboxylic acids is 1. The maximum Gasteiger partial charge on any atom is 0.331 e. The normalized spacial score (nSPS) is 11.3. The molecule has 0 atom stereocenters. The Morgan fingerprint density at radius 1 is 1.40 bits per heavy atom. The van der Waals surface area contributed by atoms with Gasteiger partial charge in [0.25, 0.3) is 0 Å². The molecule has 1 aromatic carbocycles. The summed E-state index contributed by atoms with van der Waals surface area (Å²) in [4.78, 5) is 11.1. The lowest BCUT2D eigenvalue weighted by Crippen LogP contribution is -2.00. The third kappa shape index (κ3) is 3.54. The average molecular weight is 208 g/mol. The van der Waals surface area contributed by atoms with Crippen molar-refractivity contribution in [2.24, 2.45) is 0 Å². The van der Waals surface area contributed by atoms with E-state index in [1.807, 2.05) is 0 Å². The first kappa shape index (κ1) is 11.4. The van der Waals surface area contributed by atoms with Gasteiger partial charge in [-0.2, -0.15) is 0 Å². The van der Waals surface area contributed by atoms with Crippen molar-refractivity contribution in [3.8, 4) is 0 Å². The lowest BCUT2D eigenvalue weighted by atomic mass is 10.1. The number of hydrogen-bond acceptors (Lipinski definition) is 2. The highest BCUT2D eigenvalue weighted by Gasteiger charge is 2.00. The summed E-state index contributed by atoms with van der Waals surface area (Å²) in [6.07, 6.45) is 1.40. The van der Waals surface area contributed by atoms with Crippen molar-refractivity contribution >= 4 is 11.5 Å². The fourth-order valence-corrected chi connectivity index (χ4v) is 1.16. The summed E-state index contributed by atoms with van der Waals surface area (Å²) in [5.41, 5.74) is 1.57. The lowest BCUT2D eigenvalue weighted by Gasteiger charge is -2.01. The topological polar surface area (TPSA) is 26.3 Å². The number of hydrogen-bond donors (Lipinski definition) is 0. The van der Waals surface area contributed by atoms with Gasteiger partial charge in [0, 0.05) is 6.08 Å². The minimum Gasteiger partial charge on any atom is -0.463 e. The molecular weight excluding hydrogens is 195 g/mol. The molecule has 0 aliphatic carbocycles. The molecule has 0 heterocycles. The van der Waals surface area contributed by atoms with Crippen LogP contribution >= 0.6 is 0 Å². The molecule has 0 fully saturated rings. The Morgan fingerprint density at radius 2 is 2.00 bits per heavy atom. The minimum atomic E-state index is -0.376. The van der Waals surface area contributed by atoms with Crippen molar-refractivity contribution in [2.45, 2.75) is 13.8 Å². The van der Waals surface area contributed by atoms with Crippen LogP contribution in [-0.4, -0.2) is 12.6 Å². The Bertz CT molecular complexity index is 366. The Kier molecular flexibility index (Phi) is 4.03. The van der Waals surface area contributed by atoms with E-state index in [0.29, 0.717) is 6.61 Å². The summed E-state index contributed by atoms with van der Waals surface area (Å²) >= 11 is 0. The van der Waals surface area contributed by atoms with Crippen molar-refractivity contribution in [3.63, 3.8) is 0 Å². The fraction of sp³-hybridized carbons (Fsp3) is 0.250. The highest BCUT2D eigenvalue weighted by molar-refractivity contribution is 5.90. The van der Waals surface area contributed by atoms with Gasteiger partial charge in [-0.1, -0.05) is 12.1 Å². The van der Waals surface area contributed by atoms with Crippen LogP contribution in [0.25, 0.3) is 5.57 Å². The minimum absolute atomic E-state index is 0.289. The third-order valence-electron chi connectivity index (χ3n) is 1.92. The van der Waals surface area contributed by atoms with Gasteiger partial charge in [-0.25, -0.2) is 9.18 Å². The highest BCUT2D eigenvalue weighted by Crippen LogP contribution is 2.13. The number of ether oxygens (including phenoxy) is 1. The van der Waals surface area contributed by atoms with Crippen LogP contribution in [0.1, 0.15) is 19.4 Å². The molecule has 80 valence electrons. The Balaban J connectivity index is 2.79. The van der Waals surface area contributed by atoms with E-state index in [0.717, 1.165) is 11.1 Å². The van der Waals surface area contributed by atoms with Crippen molar-refractivity contribution in [1.29, 1.82) is 0 Å². The Labute approximate surface area is 88.4 Å². The van der Waals surface area contributed by atoms with E-state index >= 15 is 0 Å². The molecule has 1 rings (SSSR count). The molecule has 0 saturated heterocycles. The zero-order valence-electron chi connectivity index (χ0n) is 8.79. The summed E-state index contributed by atoms with van der Waals surface area (Å²) in [5.74, 6) is -0.665. The van der Waals surface area contributed by atoms with Gasteiger partial charge in [-0.15, -0.1) is 0 Å². The molecular formula is C12H13FO2. The smallest absolute Gasteiger partial charge is 0.331 e. The second-order valence-corrected chi connectivity index (χ2v) is 3.09. The van der Waals surface area contributed by atoms with Crippen LogP contribution in [-0.2, 0) is 9.53 Å². The van der Waals surface area contributed by atoms with Gasteiger partial charge < -0.3 is 4.74 Å². The Hall–Kier alpha value is -1.64. The molecule has 0 spiro atoms. The van der Waals surface area contributed by atoms with E-state index in [9.17, 15) is 9.18 Å². The number of esters is 1. The first-order valence-corrected chi connectivity index (χ1v) is 4.74. The van der Waals surface area contributed by atoms with Crippen molar-refractivity contribution in [1.82, 2.24) is 0 Å². The van der Waals surface area contributed by atoms with Crippen molar-refractivity contribution in [2.75, 3.05) is 6.61 Å². The van der Waals surface area contributed by atoms with Crippen molar-refractivity contribution in [3.05, 3.63) is 41.7 Å². The van der Waals surface area contributed by atoms with E-state index in [2.05, 4.69) is 0 Å². The molecule has 1 aromatic rings. The molecule has 15 heavy (non-hydrogen) atoms. The predicted octanol–water partition coefficient (Wildman–Crippen LogP) is 2.79. The number of carbonyl (C=O) groups is 1. The molecule has 2 nitrogen and oxygen atoms in total. The fourth-order valence-electron chi connectivity index (χ4n) is 1.16. The number of allylic oxidation sites excluding steroid dienone is 1. The summed E-state index contributed by atoms with van der Waals surface area (Å²) in [6.45, 7) is 3.88. The maximum absolute atomic E-state index is 12.6. The van der Waals surface area contributed by atoms with Crippen LogP contribution in [0.2, 0.25) is 0 Å². The highest BCUT2D eigenvalue weighted by atomic mass is 19.1. The number of halogens is 1. The molecule has 0 N–H and O–H groups in total. The monoisotopic (exact) mass is 208 g/mol. The largest absolute Gasteiger partial charge is 0.463 e. The van der Waals surface area contributed by atoms with E-state index in [1.54, 1.807) is 26.0 Å². The molecule has 0 unspecified atom stereocenters. The molecule has 0 aliphatic rings. The molecule has 0 aliphatic heterocycles. The number of rotatable bonds is 3. The predicted molar refractivity (Wildman–Crippen MR) is 56.7 cm³/mol. The summed E-state index contributed by atoms with van der Waals surface area (Å²) in [6, 6.07) is 5.97. The van der Waals surface area contributed by atoms with Crippen LogP contribution in [0.5, 0.6) is 0 Å². The molecule has 0 saturated carbocycles. The summed E-state index contributed by atoms with van der Waals surface area (Å²) < 4.78 is 17.4. The van der Waals surface area contributed by atoms with Crippen LogP contribution in [0.4, 0.5) is 4.39 Å². The quantitative estimate of drug-likeness (QED) is 0.564. The van der Waals surface area contributed by atoms with E-state index < -0.39 is 0 Å². The second kappa shape index (κ2) is 5.29. The van der Waals surface area contributed by atoms with Crippen LogP contribution in [0.15, 0.2) is 30.3 Å². The maximum atomic E-state index is 12.6. The van der Waals surface area contributed by atoms with Crippen LogP contribution in [0, 0.1) is 5.82 Å². The van der Waals surface area contributed by atoms with Gasteiger partial charge in [-0.3, -0.25) is 0 Å². The van der Waals surface area contributed by atoms with Gasteiger partial charge in [-0.05, 0) is 37.1 Å². The Morgan fingerprint density at radius 3 is 2.53 bits per heavy atom. The molecule has 0 radical (unpaired) electrons. The first-order valence-electron chi connectivity index (χ1n) is 4.74. The lowest BCUT2D eigenvalue weighted by molar-refractivity contribution is -0.137.